The third-order valence-corrected chi connectivity index (χ3v) is 6.26. The number of carbonyl (C=O) groups excluding carboxylic acids is 2. The first kappa shape index (κ1) is 23.0. The van der Waals surface area contributed by atoms with E-state index in [2.05, 4.69) is 28.6 Å². The lowest BCUT2D eigenvalue weighted by Crippen LogP contribution is -2.47. The molecule has 174 valence electrons. The van der Waals surface area contributed by atoms with Crippen LogP contribution in [0.15, 0.2) is 40.9 Å². The lowest BCUT2D eigenvalue weighted by Gasteiger charge is -2.21. The van der Waals surface area contributed by atoms with Crippen LogP contribution in [0.3, 0.4) is 0 Å². The second-order valence-corrected chi connectivity index (χ2v) is 9.28. The average molecular weight is 449 g/mol. The van der Waals surface area contributed by atoms with Gasteiger partial charge in [-0.1, -0.05) is 31.5 Å². The van der Waals surface area contributed by atoms with Gasteiger partial charge < -0.3 is 14.6 Å². The number of pyridine rings is 1. The quantitative estimate of drug-likeness (QED) is 0.566. The van der Waals surface area contributed by atoms with Gasteiger partial charge >= 0.3 is 0 Å². The number of nitrogens with one attached hydrogen (secondary N) is 2. The number of carbonyl (C=O) groups is 2. The summed E-state index contributed by atoms with van der Waals surface area (Å²) in [5.74, 6) is 1.40. The monoisotopic (exact) mass is 448 g/mol. The van der Waals surface area contributed by atoms with Gasteiger partial charge in [0.1, 0.15) is 17.2 Å². The molecule has 7 heteroatoms. The molecule has 0 bridgehead atoms. The van der Waals surface area contributed by atoms with Gasteiger partial charge in [-0.15, -0.1) is 0 Å². The van der Waals surface area contributed by atoms with Crippen molar-refractivity contribution in [1.29, 1.82) is 0 Å². The zero-order valence-electron chi connectivity index (χ0n) is 19.8. The zero-order chi connectivity index (χ0) is 23.6. The van der Waals surface area contributed by atoms with Crippen LogP contribution in [-0.2, 0) is 35.5 Å². The molecular formula is C26H32N4O3. The van der Waals surface area contributed by atoms with Crippen molar-refractivity contribution in [1.82, 2.24) is 15.2 Å². The molecule has 1 aromatic carbocycles. The van der Waals surface area contributed by atoms with E-state index in [1.165, 1.54) is 5.56 Å². The number of furan rings is 1. The fourth-order valence-electron chi connectivity index (χ4n) is 4.15. The third-order valence-electron chi connectivity index (χ3n) is 6.26. The summed E-state index contributed by atoms with van der Waals surface area (Å²) in [7, 11) is 1.82. The van der Waals surface area contributed by atoms with Gasteiger partial charge in [0.15, 0.2) is 0 Å². The largest absolute Gasteiger partial charge is 0.459 e. The van der Waals surface area contributed by atoms with Gasteiger partial charge in [0.05, 0.1) is 12.1 Å². The first-order valence-corrected chi connectivity index (χ1v) is 11.6. The maximum absolute atomic E-state index is 12.9. The number of hydrogen-bond donors (Lipinski definition) is 2. The summed E-state index contributed by atoms with van der Waals surface area (Å²) in [5.41, 5.74) is 3.31. The van der Waals surface area contributed by atoms with Crippen LogP contribution in [0.25, 0.3) is 11.0 Å². The highest BCUT2D eigenvalue weighted by atomic mass is 16.3. The number of anilines is 1. The summed E-state index contributed by atoms with van der Waals surface area (Å²) in [5, 5.41) is 7.27. The summed E-state index contributed by atoms with van der Waals surface area (Å²) >= 11 is 0. The summed E-state index contributed by atoms with van der Waals surface area (Å²) in [6.07, 6.45) is 4.65. The Morgan fingerprint density at radius 1 is 1.24 bits per heavy atom. The number of amides is 2. The van der Waals surface area contributed by atoms with Crippen molar-refractivity contribution in [2.75, 3.05) is 12.4 Å². The average Bonchev–Trinajstić information content (AvgIpc) is 3.08. The minimum absolute atomic E-state index is 0.0559. The maximum atomic E-state index is 12.9. The first-order valence-electron chi connectivity index (χ1n) is 11.6. The lowest BCUT2D eigenvalue weighted by molar-refractivity contribution is -0.130. The number of nitrogens with zero attached hydrogens (tertiary/aromatic N) is 2. The molecule has 0 aliphatic carbocycles. The van der Waals surface area contributed by atoms with Gasteiger partial charge in [0.2, 0.25) is 11.8 Å². The van der Waals surface area contributed by atoms with E-state index in [4.69, 9.17) is 4.42 Å². The van der Waals surface area contributed by atoms with E-state index in [0.29, 0.717) is 31.7 Å². The Morgan fingerprint density at radius 2 is 2.03 bits per heavy atom. The molecule has 33 heavy (non-hydrogen) atoms. The number of aryl methyl sites for hydroxylation is 2. The predicted molar refractivity (Wildman–Crippen MR) is 129 cm³/mol. The second kappa shape index (κ2) is 9.35. The predicted octanol–water partition coefficient (Wildman–Crippen LogP) is 4.19. The Hall–Kier alpha value is -3.19. The van der Waals surface area contributed by atoms with E-state index in [1.807, 2.05) is 45.2 Å². The molecule has 2 amide bonds. The van der Waals surface area contributed by atoms with Crippen LogP contribution in [-0.4, -0.2) is 34.3 Å². The minimum atomic E-state index is -0.660. The summed E-state index contributed by atoms with van der Waals surface area (Å²) in [6.45, 7) is 6.84. The SMILES string of the molecule is CCCc1c(CN(C)C(=O)CCc2cnc3c(c2)CNC(C)(C)C(=O)N3)oc2ccccc12. The summed E-state index contributed by atoms with van der Waals surface area (Å²) in [6, 6.07) is 10.1. The highest BCUT2D eigenvalue weighted by Crippen LogP contribution is 2.28. The summed E-state index contributed by atoms with van der Waals surface area (Å²) in [4.78, 5) is 31.3. The van der Waals surface area contributed by atoms with Gasteiger partial charge in [-0.05, 0) is 44.4 Å². The number of aromatic nitrogens is 1. The molecule has 0 fully saturated rings. The molecule has 7 nitrogen and oxygen atoms in total. The van der Waals surface area contributed by atoms with Gasteiger partial charge in [0.25, 0.3) is 0 Å². The summed E-state index contributed by atoms with van der Waals surface area (Å²) < 4.78 is 6.09. The van der Waals surface area contributed by atoms with E-state index in [-0.39, 0.29) is 11.8 Å². The second-order valence-electron chi connectivity index (χ2n) is 9.28. The molecule has 0 unspecified atom stereocenters. The smallest absolute Gasteiger partial charge is 0.245 e. The van der Waals surface area contributed by atoms with Crippen LogP contribution in [0.1, 0.15) is 56.1 Å². The number of fused-ring (bicyclic) bond motifs is 2. The minimum Gasteiger partial charge on any atom is -0.459 e. The van der Waals surface area contributed by atoms with Gasteiger partial charge in [-0.3, -0.25) is 14.9 Å². The van der Waals surface area contributed by atoms with Crippen molar-refractivity contribution >= 4 is 28.6 Å². The number of hydrogen-bond acceptors (Lipinski definition) is 5. The van der Waals surface area contributed by atoms with Gasteiger partial charge in [-0.2, -0.15) is 0 Å². The van der Waals surface area contributed by atoms with Gasteiger partial charge in [-0.25, -0.2) is 4.98 Å². The number of rotatable bonds is 7. The Morgan fingerprint density at radius 3 is 2.82 bits per heavy atom. The van der Waals surface area contributed by atoms with Gasteiger partial charge in [0, 0.05) is 42.7 Å². The number of para-hydroxylation sites is 1. The molecule has 3 heterocycles. The topological polar surface area (TPSA) is 87.5 Å². The molecule has 1 aliphatic heterocycles. The normalized spacial score (nSPS) is 15.1. The van der Waals surface area contributed by atoms with E-state index < -0.39 is 5.54 Å². The van der Waals surface area contributed by atoms with Crippen molar-refractivity contribution in [2.24, 2.45) is 0 Å². The van der Waals surface area contributed by atoms with Crippen LogP contribution in [0.5, 0.6) is 0 Å². The first-order chi connectivity index (χ1) is 15.8. The van der Waals surface area contributed by atoms with Crippen molar-refractivity contribution in [3.8, 4) is 0 Å². The zero-order valence-corrected chi connectivity index (χ0v) is 19.8. The fraction of sp³-hybridized carbons (Fsp3) is 0.423. The van der Waals surface area contributed by atoms with E-state index in [0.717, 1.165) is 40.7 Å². The van der Waals surface area contributed by atoms with E-state index >= 15 is 0 Å². The number of benzene rings is 1. The Bertz CT molecular complexity index is 1180. The third kappa shape index (κ3) is 4.93. The van der Waals surface area contributed by atoms with Crippen molar-refractivity contribution in [3.63, 3.8) is 0 Å². The van der Waals surface area contributed by atoms with Crippen LogP contribution < -0.4 is 10.6 Å². The van der Waals surface area contributed by atoms with Crippen LogP contribution in [0.4, 0.5) is 5.82 Å². The van der Waals surface area contributed by atoms with Crippen molar-refractivity contribution in [3.05, 3.63) is 59.0 Å². The maximum Gasteiger partial charge on any atom is 0.245 e. The molecule has 3 aromatic rings. The Balaban J connectivity index is 1.41. The molecule has 2 aromatic heterocycles. The molecular weight excluding hydrogens is 416 g/mol. The highest BCUT2D eigenvalue weighted by Gasteiger charge is 2.31. The molecule has 2 N–H and O–H groups in total. The van der Waals surface area contributed by atoms with Crippen LogP contribution in [0, 0.1) is 0 Å². The van der Waals surface area contributed by atoms with E-state index in [9.17, 15) is 9.59 Å². The van der Waals surface area contributed by atoms with Crippen molar-refractivity contribution < 1.29 is 14.0 Å². The molecule has 0 spiro atoms. The Labute approximate surface area is 194 Å². The standard InChI is InChI=1S/C26H32N4O3/c1-5-8-19-20-9-6-7-10-21(20)33-22(19)16-30(4)23(31)12-11-17-13-18-15-28-26(2,3)25(32)29-24(18)27-14-17/h6-7,9-10,13-14,28H,5,8,11-12,15-16H2,1-4H3,(H,27,29,32). The fourth-order valence-corrected chi connectivity index (χ4v) is 4.15. The highest BCUT2D eigenvalue weighted by molar-refractivity contribution is 5.98. The molecule has 0 saturated carbocycles. The van der Waals surface area contributed by atoms with E-state index in [1.54, 1.807) is 11.1 Å². The van der Waals surface area contributed by atoms with Crippen molar-refractivity contribution in [2.45, 2.75) is 65.1 Å². The lowest BCUT2D eigenvalue weighted by atomic mass is 10.1. The van der Waals surface area contributed by atoms with Crippen LogP contribution >= 0.6 is 0 Å². The van der Waals surface area contributed by atoms with Crippen LogP contribution in [0.2, 0.25) is 0 Å². The molecule has 0 atom stereocenters. The molecule has 1 aliphatic rings. The molecule has 4 rings (SSSR count). The molecule has 0 saturated heterocycles. The molecule has 0 radical (unpaired) electrons. The Kier molecular flexibility index (Phi) is 6.51.